The lowest BCUT2D eigenvalue weighted by Gasteiger charge is -2.69. The Morgan fingerprint density at radius 3 is 2.30 bits per heavy atom. The molecule has 3 aliphatic carbocycles. The average Bonchev–Trinajstić information content (AvgIpc) is 2.63. The Labute approximate surface area is 180 Å². The van der Waals surface area contributed by atoms with E-state index < -0.39 is 0 Å². The van der Waals surface area contributed by atoms with Crippen LogP contribution in [0, 0.1) is 40.9 Å². The quantitative estimate of drug-likeness (QED) is 0.628. The second-order valence-corrected chi connectivity index (χ2v) is 12.2. The molecule has 0 radical (unpaired) electrons. The first kappa shape index (κ1) is 20.6. The van der Waals surface area contributed by atoms with E-state index in [0.717, 1.165) is 49.8 Å². The zero-order chi connectivity index (χ0) is 21.7. The van der Waals surface area contributed by atoms with Crippen LogP contribution in [0.2, 0.25) is 0 Å². The molecule has 0 saturated heterocycles. The summed E-state index contributed by atoms with van der Waals surface area (Å²) in [5.74, 6) is 2.81. The van der Waals surface area contributed by atoms with Gasteiger partial charge in [-0.1, -0.05) is 27.7 Å². The number of aliphatic hydroxyl groups excluding tert-OH is 1. The lowest BCUT2D eigenvalue weighted by Crippen LogP contribution is -2.66. The minimum absolute atomic E-state index is 0.0384. The lowest BCUT2D eigenvalue weighted by atomic mass is 9.37. The van der Waals surface area contributed by atoms with Crippen molar-refractivity contribution in [3.8, 4) is 5.75 Å². The molecule has 4 aliphatic rings. The molecule has 0 amide bonds. The molecule has 7 unspecified atom stereocenters. The average molecular weight is 415 g/mol. The smallest absolute Gasteiger partial charge is 0.342 e. The molecule has 7 atom stereocenters. The Morgan fingerprint density at radius 2 is 1.57 bits per heavy atom. The molecule has 1 aromatic rings. The molecular formula is C26H38O4. The zero-order valence-electron chi connectivity index (χ0n) is 19.5. The third kappa shape index (κ3) is 2.52. The Morgan fingerprint density at radius 1 is 0.933 bits per heavy atom. The van der Waals surface area contributed by atoms with Crippen LogP contribution in [0.1, 0.15) is 84.5 Å². The summed E-state index contributed by atoms with van der Waals surface area (Å²) >= 11 is 0. The molecule has 1 N–H and O–H groups in total. The van der Waals surface area contributed by atoms with E-state index in [1.807, 2.05) is 13.0 Å². The van der Waals surface area contributed by atoms with Gasteiger partial charge in [0.2, 0.25) is 0 Å². The second-order valence-electron chi connectivity index (χ2n) is 12.2. The Balaban J connectivity index is 1.57. The van der Waals surface area contributed by atoms with E-state index in [9.17, 15) is 9.90 Å². The van der Waals surface area contributed by atoms with E-state index in [0.29, 0.717) is 23.5 Å². The van der Waals surface area contributed by atoms with Crippen LogP contribution < -0.4 is 10.4 Å². The van der Waals surface area contributed by atoms with Crippen LogP contribution in [-0.2, 0) is 6.42 Å². The van der Waals surface area contributed by atoms with E-state index in [1.54, 1.807) is 0 Å². The molecule has 0 aromatic carbocycles. The predicted molar refractivity (Wildman–Crippen MR) is 117 cm³/mol. The van der Waals surface area contributed by atoms with Gasteiger partial charge < -0.3 is 14.3 Å². The SMILES string of the molecule is Cc1cc2c(c(=O)o1)CC1C(C)(CCC3C1(C)CCC1C(C)(C)C(O)CCC13C)O2. The van der Waals surface area contributed by atoms with Gasteiger partial charge in [-0.25, -0.2) is 4.79 Å². The summed E-state index contributed by atoms with van der Waals surface area (Å²) in [5, 5.41) is 10.8. The van der Waals surface area contributed by atoms with E-state index in [4.69, 9.17) is 9.15 Å². The molecule has 0 spiro atoms. The predicted octanol–water partition coefficient (Wildman–Crippen LogP) is 5.27. The fourth-order valence-corrected chi connectivity index (χ4v) is 8.87. The van der Waals surface area contributed by atoms with Crippen LogP contribution in [0.25, 0.3) is 0 Å². The normalized spacial score (nSPS) is 46.6. The molecule has 5 rings (SSSR count). The molecule has 4 nitrogen and oxygen atoms in total. The highest BCUT2D eigenvalue weighted by molar-refractivity contribution is 5.36. The van der Waals surface area contributed by atoms with Crippen LogP contribution in [0.3, 0.4) is 0 Å². The fraction of sp³-hybridized carbons (Fsp3) is 0.808. The van der Waals surface area contributed by atoms with Crippen molar-refractivity contribution in [2.45, 2.75) is 98.2 Å². The monoisotopic (exact) mass is 414 g/mol. The van der Waals surface area contributed by atoms with Crippen LogP contribution >= 0.6 is 0 Å². The molecule has 4 heteroatoms. The highest BCUT2D eigenvalue weighted by Crippen LogP contribution is 2.70. The van der Waals surface area contributed by atoms with Crippen LogP contribution in [-0.4, -0.2) is 16.8 Å². The van der Waals surface area contributed by atoms with Gasteiger partial charge in [0.1, 0.15) is 17.1 Å². The van der Waals surface area contributed by atoms with Crippen molar-refractivity contribution in [1.82, 2.24) is 0 Å². The topological polar surface area (TPSA) is 59.7 Å². The molecule has 3 saturated carbocycles. The first-order chi connectivity index (χ1) is 13.9. The van der Waals surface area contributed by atoms with Gasteiger partial charge in [0, 0.05) is 12.0 Å². The van der Waals surface area contributed by atoms with Crippen molar-refractivity contribution in [3.05, 3.63) is 27.8 Å². The van der Waals surface area contributed by atoms with Gasteiger partial charge in [-0.3, -0.25) is 0 Å². The molecule has 1 aromatic heterocycles. The van der Waals surface area contributed by atoms with Gasteiger partial charge in [-0.05, 0) is 86.9 Å². The number of ether oxygens (including phenoxy) is 1. The number of rotatable bonds is 0. The second kappa shape index (κ2) is 6.15. The van der Waals surface area contributed by atoms with E-state index >= 15 is 0 Å². The Hall–Kier alpha value is -1.29. The first-order valence-electron chi connectivity index (χ1n) is 11.9. The van der Waals surface area contributed by atoms with Crippen LogP contribution in [0.15, 0.2) is 15.3 Å². The minimum atomic E-state index is -0.231. The summed E-state index contributed by atoms with van der Waals surface area (Å²) in [5.41, 5.74) is 0.603. The van der Waals surface area contributed by atoms with E-state index in [-0.39, 0.29) is 33.6 Å². The molecule has 1 aliphatic heterocycles. The fourth-order valence-electron chi connectivity index (χ4n) is 8.87. The first-order valence-corrected chi connectivity index (χ1v) is 11.9. The molecule has 166 valence electrons. The molecule has 2 heterocycles. The summed E-state index contributed by atoms with van der Waals surface area (Å²) in [4.78, 5) is 12.7. The maximum absolute atomic E-state index is 12.7. The van der Waals surface area contributed by atoms with Crippen molar-refractivity contribution in [1.29, 1.82) is 0 Å². The van der Waals surface area contributed by atoms with Crippen molar-refractivity contribution in [2.75, 3.05) is 0 Å². The third-order valence-electron chi connectivity index (χ3n) is 10.4. The highest BCUT2D eigenvalue weighted by Gasteiger charge is 2.66. The van der Waals surface area contributed by atoms with Gasteiger partial charge >= 0.3 is 5.63 Å². The van der Waals surface area contributed by atoms with Crippen LogP contribution in [0.5, 0.6) is 5.75 Å². The number of aryl methyl sites for hydroxylation is 1. The largest absolute Gasteiger partial charge is 0.487 e. The Kier molecular flexibility index (Phi) is 4.22. The number of hydrogen-bond acceptors (Lipinski definition) is 4. The van der Waals surface area contributed by atoms with Crippen molar-refractivity contribution in [2.24, 2.45) is 34.0 Å². The van der Waals surface area contributed by atoms with Crippen molar-refractivity contribution < 1.29 is 14.3 Å². The number of aliphatic hydroxyl groups is 1. The molecule has 30 heavy (non-hydrogen) atoms. The summed E-state index contributed by atoms with van der Waals surface area (Å²) in [6.07, 6.45) is 7.04. The summed E-state index contributed by atoms with van der Waals surface area (Å²) in [6.45, 7) is 13.6. The Bertz CT molecular complexity index is 931. The van der Waals surface area contributed by atoms with Gasteiger partial charge in [0.25, 0.3) is 0 Å². The highest BCUT2D eigenvalue weighted by atomic mass is 16.5. The van der Waals surface area contributed by atoms with Crippen molar-refractivity contribution >= 4 is 0 Å². The van der Waals surface area contributed by atoms with Crippen molar-refractivity contribution in [3.63, 3.8) is 0 Å². The maximum Gasteiger partial charge on any atom is 0.342 e. The zero-order valence-corrected chi connectivity index (χ0v) is 19.5. The molecule has 0 bridgehead atoms. The van der Waals surface area contributed by atoms with Gasteiger partial charge in [-0.15, -0.1) is 0 Å². The molecule has 3 fully saturated rings. The maximum atomic E-state index is 12.7. The molecular weight excluding hydrogens is 376 g/mol. The number of fused-ring (bicyclic) bond motifs is 6. The standard InChI is InChI=1S/C26H38O4/c1-15-13-17-16(22(28)29-15)14-20-25(5)10-7-18-23(2,3)21(27)9-11-24(18,4)19(25)8-12-26(20,6)30-17/h13,18-21,27H,7-12,14H2,1-6H3. The minimum Gasteiger partial charge on any atom is -0.487 e. The van der Waals surface area contributed by atoms with E-state index in [2.05, 4.69) is 34.6 Å². The van der Waals surface area contributed by atoms with Gasteiger partial charge in [-0.2, -0.15) is 0 Å². The summed E-state index contributed by atoms with van der Waals surface area (Å²) < 4.78 is 12.1. The van der Waals surface area contributed by atoms with E-state index in [1.165, 1.54) is 6.42 Å². The van der Waals surface area contributed by atoms with Crippen LogP contribution in [0.4, 0.5) is 0 Å². The third-order valence-corrected chi connectivity index (χ3v) is 10.4. The lowest BCUT2D eigenvalue weighted by molar-refractivity contribution is -0.223. The summed E-state index contributed by atoms with van der Waals surface area (Å²) in [6, 6.07) is 1.90. The number of hydrogen-bond donors (Lipinski definition) is 1. The van der Waals surface area contributed by atoms with Gasteiger partial charge in [0.05, 0.1) is 11.7 Å². The summed E-state index contributed by atoms with van der Waals surface area (Å²) in [7, 11) is 0. The van der Waals surface area contributed by atoms with Gasteiger partial charge in [0.15, 0.2) is 0 Å².